The number of hydrogen-bond donors (Lipinski definition) is 1. The van der Waals surface area contributed by atoms with Crippen LogP contribution >= 0.6 is 0 Å². The topological polar surface area (TPSA) is 49.4 Å². The van der Waals surface area contributed by atoms with E-state index in [4.69, 9.17) is 0 Å². The molecule has 4 nitrogen and oxygen atoms in total. The monoisotopic (exact) mass is 444 g/mol. The van der Waals surface area contributed by atoms with E-state index in [1.807, 2.05) is 70.2 Å². The first-order valence-electron chi connectivity index (χ1n) is 12.0. The third-order valence-electron chi connectivity index (χ3n) is 6.35. The summed E-state index contributed by atoms with van der Waals surface area (Å²) in [5, 5.41) is 5.44. The second-order valence-electron chi connectivity index (χ2n) is 8.89. The summed E-state index contributed by atoms with van der Waals surface area (Å²) >= 11 is 0. The van der Waals surface area contributed by atoms with Crippen molar-refractivity contribution in [2.24, 2.45) is 0 Å². The molecule has 0 aliphatic rings. The Morgan fingerprint density at radius 2 is 1.61 bits per heavy atom. The smallest absolute Gasteiger partial charge is 0.243 e. The van der Waals surface area contributed by atoms with Gasteiger partial charge in [0, 0.05) is 19.0 Å². The predicted molar refractivity (Wildman–Crippen MR) is 136 cm³/mol. The molecule has 3 aromatic rings. The van der Waals surface area contributed by atoms with Crippen LogP contribution in [0.15, 0.2) is 66.7 Å². The average Bonchev–Trinajstić information content (AvgIpc) is 2.83. The van der Waals surface area contributed by atoms with Gasteiger partial charge in [0.25, 0.3) is 0 Å². The molecule has 0 radical (unpaired) electrons. The van der Waals surface area contributed by atoms with Crippen LogP contribution in [0.5, 0.6) is 0 Å². The van der Waals surface area contributed by atoms with Crippen LogP contribution in [0.25, 0.3) is 10.8 Å². The minimum Gasteiger partial charge on any atom is -0.352 e. The molecule has 3 aromatic carbocycles. The zero-order valence-electron chi connectivity index (χ0n) is 20.3. The lowest BCUT2D eigenvalue weighted by molar-refractivity contribution is -0.141. The Balaban J connectivity index is 1.82. The molecule has 174 valence electrons. The largest absolute Gasteiger partial charge is 0.352 e. The third kappa shape index (κ3) is 6.44. The first-order valence-corrected chi connectivity index (χ1v) is 12.0. The molecule has 0 aliphatic carbocycles. The molecule has 0 aromatic heterocycles. The molecule has 2 amide bonds. The van der Waals surface area contributed by atoms with Gasteiger partial charge in [-0.05, 0) is 55.0 Å². The summed E-state index contributed by atoms with van der Waals surface area (Å²) in [5.41, 5.74) is 3.37. The number of aryl methyl sites for hydroxylation is 2. The number of nitrogens with zero attached hydrogens (tertiary/aromatic N) is 1. The van der Waals surface area contributed by atoms with Gasteiger partial charge in [0.2, 0.25) is 11.8 Å². The highest BCUT2D eigenvalue weighted by atomic mass is 16.2. The lowest BCUT2D eigenvalue weighted by Gasteiger charge is -2.31. The molecular weight excluding hydrogens is 408 g/mol. The van der Waals surface area contributed by atoms with Crippen LogP contribution in [-0.4, -0.2) is 28.8 Å². The molecular formula is C29H36N2O2. The van der Waals surface area contributed by atoms with Gasteiger partial charge in [0.15, 0.2) is 0 Å². The SMILES string of the molecule is CC[C@H](C)NC(=O)[C@H](CC)N(Cc1ccc(C)cc1)C(=O)CCc1cccc2ccccc12. The predicted octanol–water partition coefficient (Wildman–Crippen LogP) is 5.80. The summed E-state index contributed by atoms with van der Waals surface area (Å²) < 4.78 is 0. The molecule has 0 bridgehead atoms. The first-order chi connectivity index (χ1) is 15.9. The van der Waals surface area contributed by atoms with Crippen molar-refractivity contribution in [2.45, 2.75) is 72.0 Å². The summed E-state index contributed by atoms with van der Waals surface area (Å²) in [6.45, 7) is 8.50. The van der Waals surface area contributed by atoms with Gasteiger partial charge in [-0.15, -0.1) is 0 Å². The van der Waals surface area contributed by atoms with Crippen LogP contribution < -0.4 is 5.32 Å². The van der Waals surface area contributed by atoms with Crippen LogP contribution in [0.4, 0.5) is 0 Å². The summed E-state index contributed by atoms with van der Waals surface area (Å²) in [5.74, 6) is -0.0628. The summed E-state index contributed by atoms with van der Waals surface area (Å²) in [4.78, 5) is 28.4. The molecule has 0 fully saturated rings. The van der Waals surface area contributed by atoms with E-state index < -0.39 is 6.04 Å². The number of carbonyl (C=O) groups excluding carboxylic acids is 2. The van der Waals surface area contributed by atoms with Gasteiger partial charge in [-0.2, -0.15) is 0 Å². The highest BCUT2D eigenvalue weighted by molar-refractivity contribution is 5.89. The van der Waals surface area contributed by atoms with Crippen molar-refractivity contribution in [3.05, 3.63) is 83.4 Å². The minimum absolute atomic E-state index is 0.00895. The number of fused-ring (bicyclic) bond motifs is 1. The van der Waals surface area contributed by atoms with E-state index >= 15 is 0 Å². The van der Waals surface area contributed by atoms with Crippen LogP contribution in [0.3, 0.4) is 0 Å². The first kappa shape index (κ1) is 24.5. The van der Waals surface area contributed by atoms with Gasteiger partial charge in [0.1, 0.15) is 6.04 Å². The number of carbonyl (C=O) groups is 2. The lowest BCUT2D eigenvalue weighted by Crippen LogP contribution is -2.50. The molecule has 0 unspecified atom stereocenters. The van der Waals surface area contributed by atoms with E-state index in [9.17, 15) is 9.59 Å². The highest BCUT2D eigenvalue weighted by Gasteiger charge is 2.29. The third-order valence-corrected chi connectivity index (χ3v) is 6.35. The highest BCUT2D eigenvalue weighted by Crippen LogP contribution is 2.21. The van der Waals surface area contributed by atoms with Crippen molar-refractivity contribution >= 4 is 22.6 Å². The van der Waals surface area contributed by atoms with Crippen LogP contribution in [0.1, 0.15) is 56.7 Å². The molecule has 0 saturated carbocycles. The Morgan fingerprint density at radius 3 is 2.30 bits per heavy atom. The average molecular weight is 445 g/mol. The zero-order valence-corrected chi connectivity index (χ0v) is 20.3. The Bertz CT molecular complexity index is 1070. The van der Waals surface area contributed by atoms with E-state index in [1.165, 1.54) is 16.3 Å². The van der Waals surface area contributed by atoms with Crippen LogP contribution in [-0.2, 0) is 22.6 Å². The van der Waals surface area contributed by atoms with Crippen molar-refractivity contribution in [2.75, 3.05) is 0 Å². The summed E-state index contributed by atoms with van der Waals surface area (Å²) in [6.07, 6.45) is 2.45. The summed E-state index contributed by atoms with van der Waals surface area (Å²) in [6, 6.07) is 22.3. The van der Waals surface area contributed by atoms with E-state index in [1.54, 1.807) is 4.90 Å². The van der Waals surface area contributed by atoms with Crippen molar-refractivity contribution in [3.8, 4) is 0 Å². The quantitative estimate of drug-likeness (QED) is 0.429. The van der Waals surface area contributed by atoms with E-state index in [0.717, 1.165) is 17.5 Å². The van der Waals surface area contributed by atoms with Crippen molar-refractivity contribution in [1.82, 2.24) is 10.2 Å². The molecule has 0 aliphatic heterocycles. The van der Waals surface area contributed by atoms with Gasteiger partial charge in [-0.1, -0.05) is 86.1 Å². The normalized spacial score (nSPS) is 12.8. The Morgan fingerprint density at radius 1 is 0.909 bits per heavy atom. The molecule has 4 heteroatoms. The number of amides is 2. The molecule has 0 heterocycles. The Hall–Kier alpha value is -3.14. The fraction of sp³-hybridized carbons (Fsp3) is 0.379. The number of hydrogen-bond acceptors (Lipinski definition) is 2. The Labute approximate surface area is 198 Å². The Kier molecular flexibility index (Phi) is 8.65. The fourth-order valence-electron chi connectivity index (χ4n) is 4.15. The molecule has 1 N–H and O–H groups in total. The van der Waals surface area contributed by atoms with Gasteiger partial charge < -0.3 is 10.2 Å². The maximum Gasteiger partial charge on any atom is 0.243 e. The lowest BCUT2D eigenvalue weighted by atomic mass is 10.00. The van der Waals surface area contributed by atoms with E-state index in [0.29, 0.717) is 25.8 Å². The van der Waals surface area contributed by atoms with Crippen LogP contribution in [0, 0.1) is 6.92 Å². The van der Waals surface area contributed by atoms with Crippen molar-refractivity contribution in [1.29, 1.82) is 0 Å². The standard InChI is InChI=1S/C29H36N2O2/c1-5-22(4)30-29(33)27(6-2)31(20-23-16-14-21(3)15-17-23)28(32)19-18-25-12-9-11-24-10-7-8-13-26(24)25/h7-17,22,27H,5-6,18-20H2,1-4H3,(H,30,33)/t22-,27-/m0/s1. The number of benzene rings is 3. The van der Waals surface area contributed by atoms with Gasteiger partial charge >= 0.3 is 0 Å². The second-order valence-corrected chi connectivity index (χ2v) is 8.89. The molecule has 0 spiro atoms. The van der Waals surface area contributed by atoms with Crippen LogP contribution in [0.2, 0.25) is 0 Å². The van der Waals surface area contributed by atoms with Gasteiger partial charge in [0.05, 0.1) is 0 Å². The zero-order chi connectivity index (χ0) is 23.8. The van der Waals surface area contributed by atoms with Gasteiger partial charge in [-0.3, -0.25) is 9.59 Å². The molecule has 0 saturated heterocycles. The molecule has 33 heavy (non-hydrogen) atoms. The van der Waals surface area contributed by atoms with E-state index in [2.05, 4.69) is 29.6 Å². The molecule has 2 atom stereocenters. The maximum atomic E-state index is 13.5. The number of nitrogens with one attached hydrogen (secondary N) is 1. The van der Waals surface area contributed by atoms with Crippen molar-refractivity contribution in [3.63, 3.8) is 0 Å². The summed E-state index contributed by atoms with van der Waals surface area (Å²) in [7, 11) is 0. The number of rotatable bonds is 10. The maximum absolute atomic E-state index is 13.5. The van der Waals surface area contributed by atoms with E-state index in [-0.39, 0.29) is 17.9 Å². The van der Waals surface area contributed by atoms with Crippen molar-refractivity contribution < 1.29 is 9.59 Å². The molecule has 3 rings (SSSR count). The fourth-order valence-corrected chi connectivity index (χ4v) is 4.15. The van der Waals surface area contributed by atoms with Gasteiger partial charge in [-0.25, -0.2) is 0 Å². The minimum atomic E-state index is -0.486. The second kappa shape index (κ2) is 11.6.